The van der Waals surface area contributed by atoms with E-state index in [4.69, 9.17) is 9.88 Å². The van der Waals surface area contributed by atoms with E-state index in [1.807, 2.05) is 0 Å². The summed E-state index contributed by atoms with van der Waals surface area (Å²) in [6.07, 6.45) is -2.97. The molecule has 0 saturated heterocycles. The van der Waals surface area contributed by atoms with E-state index in [1.54, 1.807) is 24.5 Å². The first kappa shape index (κ1) is 23.3. The third-order valence-electron chi connectivity index (χ3n) is 3.99. The number of carbonyl (C=O) groups excluding carboxylic acids is 1. The van der Waals surface area contributed by atoms with Crippen molar-refractivity contribution in [1.29, 1.82) is 0 Å². The van der Waals surface area contributed by atoms with Gasteiger partial charge in [-0.1, -0.05) is 12.1 Å². The predicted molar refractivity (Wildman–Crippen MR) is 112 cm³/mol. The van der Waals surface area contributed by atoms with Crippen LogP contribution >= 0.6 is 23.1 Å². The molecule has 0 amide bonds. The number of alkyl halides is 3. The summed E-state index contributed by atoms with van der Waals surface area (Å²) in [6.45, 7) is -0.486. The first-order chi connectivity index (χ1) is 14.5. The average molecular weight is 492 g/mol. The van der Waals surface area contributed by atoms with E-state index in [0.29, 0.717) is 15.3 Å². The number of carbonyl (C=O) groups is 1. The number of ether oxygens (including phenoxy) is 1. The van der Waals surface area contributed by atoms with Crippen molar-refractivity contribution in [2.75, 3.05) is 12.2 Å². The number of hydrogen-bond donors (Lipinski definition) is 1. The molecule has 0 aliphatic rings. The molecule has 0 radical (unpaired) electrons. The Morgan fingerprint density at radius 3 is 2.58 bits per heavy atom. The molecule has 0 spiro atoms. The molecule has 166 valence electrons. The first-order valence-electron chi connectivity index (χ1n) is 8.52. The molecule has 0 aliphatic carbocycles. The van der Waals surface area contributed by atoms with Crippen LogP contribution in [0.15, 0.2) is 47.4 Å². The van der Waals surface area contributed by atoms with Gasteiger partial charge in [0, 0.05) is 4.88 Å². The maximum Gasteiger partial charge on any atom is 0.435 e. The standard InChI is InChI=1S/C18H16F3N3O4S3/c1-29-10-28-17(25)9-24-13(8-16(23-24)18(19,20)21)15-6-5-14(30-15)11-3-2-4-12(7-11)31(22,26)27/h2-8H,9-10H2,1H3,(H2,22,26,27). The maximum absolute atomic E-state index is 13.2. The number of nitrogens with zero attached hydrogens (tertiary/aromatic N) is 2. The Morgan fingerprint density at radius 1 is 1.23 bits per heavy atom. The molecule has 31 heavy (non-hydrogen) atoms. The van der Waals surface area contributed by atoms with Crippen molar-refractivity contribution in [1.82, 2.24) is 9.78 Å². The Bertz CT molecular complexity index is 1200. The zero-order valence-electron chi connectivity index (χ0n) is 15.9. The quantitative estimate of drug-likeness (QED) is 0.398. The van der Waals surface area contributed by atoms with Gasteiger partial charge in [-0.15, -0.1) is 23.1 Å². The minimum absolute atomic E-state index is 0.0745. The van der Waals surface area contributed by atoms with Gasteiger partial charge in [0.05, 0.1) is 15.5 Å². The van der Waals surface area contributed by atoms with E-state index in [-0.39, 0.29) is 16.5 Å². The molecular formula is C18H16F3N3O4S3. The summed E-state index contributed by atoms with van der Waals surface area (Å²) >= 11 is 2.37. The Morgan fingerprint density at radius 2 is 1.94 bits per heavy atom. The van der Waals surface area contributed by atoms with Crippen molar-refractivity contribution in [3.63, 3.8) is 0 Å². The first-order valence-corrected chi connectivity index (χ1v) is 12.3. The summed E-state index contributed by atoms with van der Waals surface area (Å²) in [4.78, 5) is 12.9. The van der Waals surface area contributed by atoms with Crippen LogP contribution in [0.3, 0.4) is 0 Å². The molecule has 3 aromatic rings. The number of aromatic nitrogens is 2. The number of nitrogens with two attached hydrogens (primary N) is 1. The van der Waals surface area contributed by atoms with Crippen LogP contribution in [-0.2, 0) is 32.3 Å². The second-order valence-corrected chi connectivity index (χ2v) is 9.69. The van der Waals surface area contributed by atoms with Gasteiger partial charge in [-0.25, -0.2) is 13.6 Å². The van der Waals surface area contributed by atoms with Crippen LogP contribution in [0.5, 0.6) is 0 Å². The lowest BCUT2D eigenvalue weighted by molar-refractivity contribution is -0.144. The number of esters is 1. The topological polar surface area (TPSA) is 104 Å². The molecule has 0 atom stereocenters. The molecule has 0 saturated carbocycles. The van der Waals surface area contributed by atoms with Crippen LogP contribution < -0.4 is 5.14 Å². The fraction of sp³-hybridized carbons (Fsp3) is 0.222. The van der Waals surface area contributed by atoms with Crippen molar-refractivity contribution in [3.05, 3.63) is 48.2 Å². The maximum atomic E-state index is 13.2. The van der Waals surface area contributed by atoms with Gasteiger partial charge in [-0.05, 0) is 42.2 Å². The second kappa shape index (κ2) is 9.02. The molecule has 2 N–H and O–H groups in total. The van der Waals surface area contributed by atoms with Crippen molar-refractivity contribution < 1.29 is 31.1 Å². The van der Waals surface area contributed by atoms with E-state index in [1.165, 1.54) is 30.0 Å². The zero-order chi connectivity index (χ0) is 22.8. The van der Waals surface area contributed by atoms with E-state index < -0.39 is 34.4 Å². The fourth-order valence-electron chi connectivity index (χ4n) is 2.62. The number of thiophene rings is 1. The summed E-state index contributed by atoms with van der Waals surface area (Å²) in [5.41, 5.74) is -0.511. The lowest BCUT2D eigenvalue weighted by atomic mass is 10.2. The highest BCUT2D eigenvalue weighted by atomic mass is 32.2. The molecule has 0 aliphatic heterocycles. The summed E-state index contributed by atoms with van der Waals surface area (Å²) in [7, 11) is -3.91. The molecule has 1 aromatic carbocycles. The summed E-state index contributed by atoms with van der Waals surface area (Å²) in [6, 6.07) is 9.97. The lowest BCUT2D eigenvalue weighted by Crippen LogP contribution is -2.16. The summed E-state index contributed by atoms with van der Waals surface area (Å²) < 4.78 is 68.6. The minimum atomic E-state index is -4.69. The molecule has 0 fully saturated rings. The van der Waals surface area contributed by atoms with Crippen LogP contribution in [0.4, 0.5) is 13.2 Å². The molecular weight excluding hydrogens is 475 g/mol. The Kier molecular flexibility index (Phi) is 6.79. The second-order valence-electron chi connectivity index (χ2n) is 6.23. The number of hydrogen-bond acceptors (Lipinski definition) is 7. The molecule has 0 unspecified atom stereocenters. The van der Waals surface area contributed by atoms with Gasteiger partial charge in [0.2, 0.25) is 10.0 Å². The van der Waals surface area contributed by atoms with Crippen molar-refractivity contribution >= 4 is 39.1 Å². The van der Waals surface area contributed by atoms with Crippen molar-refractivity contribution in [2.24, 2.45) is 5.14 Å². The Labute approximate surface area is 184 Å². The highest BCUT2D eigenvalue weighted by Gasteiger charge is 2.35. The van der Waals surface area contributed by atoms with Gasteiger partial charge < -0.3 is 4.74 Å². The van der Waals surface area contributed by atoms with E-state index >= 15 is 0 Å². The number of benzene rings is 1. The smallest absolute Gasteiger partial charge is 0.435 e. The SMILES string of the molecule is CSCOC(=O)Cn1nc(C(F)(F)F)cc1-c1ccc(-c2cccc(S(N)(=O)=O)c2)s1. The third kappa shape index (κ3) is 5.67. The van der Waals surface area contributed by atoms with Gasteiger partial charge in [0.25, 0.3) is 0 Å². The number of primary sulfonamides is 1. The number of sulfonamides is 1. The number of rotatable bonds is 7. The molecule has 13 heteroatoms. The van der Waals surface area contributed by atoms with Crippen LogP contribution in [0, 0.1) is 0 Å². The molecule has 7 nitrogen and oxygen atoms in total. The van der Waals surface area contributed by atoms with Gasteiger partial charge >= 0.3 is 12.1 Å². The van der Waals surface area contributed by atoms with Gasteiger partial charge in [0.15, 0.2) is 5.69 Å². The van der Waals surface area contributed by atoms with E-state index in [9.17, 15) is 26.4 Å². The zero-order valence-corrected chi connectivity index (χ0v) is 18.4. The monoisotopic (exact) mass is 491 g/mol. The van der Waals surface area contributed by atoms with Gasteiger partial charge in [-0.2, -0.15) is 18.3 Å². The average Bonchev–Trinajstić information content (AvgIpc) is 3.32. The molecule has 0 bridgehead atoms. The Hall–Kier alpha value is -2.35. The number of thioether (sulfide) groups is 1. The number of halogens is 3. The summed E-state index contributed by atoms with van der Waals surface area (Å²) in [5, 5.41) is 8.69. The lowest BCUT2D eigenvalue weighted by Gasteiger charge is -2.06. The van der Waals surface area contributed by atoms with Crippen LogP contribution in [0.25, 0.3) is 21.0 Å². The largest absolute Gasteiger partial charge is 0.453 e. The third-order valence-corrected chi connectivity index (χ3v) is 6.41. The highest BCUT2D eigenvalue weighted by Crippen LogP contribution is 2.38. The van der Waals surface area contributed by atoms with Gasteiger partial charge in [0.1, 0.15) is 12.5 Å². The predicted octanol–water partition coefficient (Wildman–Crippen LogP) is 3.81. The van der Waals surface area contributed by atoms with E-state index in [0.717, 1.165) is 22.1 Å². The minimum Gasteiger partial charge on any atom is -0.453 e. The highest BCUT2D eigenvalue weighted by molar-refractivity contribution is 7.98. The van der Waals surface area contributed by atoms with Crippen LogP contribution in [0.2, 0.25) is 0 Å². The van der Waals surface area contributed by atoms with Crippen LogP contribution in [-0.4, -0.2) is 36.4 Å². The molecule has 3 rings (SSSR count). The van der Waals surface area contributed by atoms with Crippen LogP contribution in [0.1, 0.15) is 5.69 Å². The fourth-order valence-corrected chi connectivity index (χ4v) is 4.46. The molecule has 2 aromatic heterocycles. The van der Waals surface area contributed by atoms with Crippen molar-refractivity contribution in [2.45, 2.75) is 17.6 Å². The Balaban J connectivity index is 1.99. The normalized spacial score (nSPS) is 12.2. The van der Waals surface area contributed by atoms with Gasteiger partial charge in [-0.3, -0.25) is 9.48 Å². The summed E-state index contributed by atoms with van der Waals surface area (Å²) in [5.74, 6) is -0.643. The van der Waals surface area contributed by atoms with Crippen molar-refractivity contribution in [3.8, 4) is 21.0 Å². The van der Waals surface area contributed by atoms with E-state index in [2.05, 4.69) is 5.10 Å². The molecule has 2 heterocycles.